The first-order valence-electron chi connectivity index (χ1n) is 8.21. The van der Waals surface area contributed by atoms with Crippen LogP contribution in [0.25, 0.3) is 0 Å². The molecule has 0 aromatic heterocycles. The van der Waals surface area contributed by atoms with E-state index in [4.69, 9.17) is 4.74 Å². The second-order valence-corrected chi connectivity index (χ2v) is 6.71. The summed E-state index contributed by atoms with van der Waals surface area (Å²) in [7, 11) is 3.37. The van der Waals surface area contributed by atoms with Crippen molar-refractivity contribution in [3.05, 3.63) is 29.8 Å². The number of amides is 3. The van der Waals surface area contributed by atoms with Crippen LogP contribution >= 0.6 is 0 Å². The lowest BCUT2D eigenvalue weighted by molar-refractivity contribution is -0.135. The highest BCUT2D eigenvalue weighted by Gasteiger charge is 2.56. The Morgan fingerprint density at radius 3 is 2.35 bits per heavy atom. The minimum Gasteiger partial charge on any atom is -0.497 e. The van der Waals surface area contributed by atoms with Crippen LogP contribution in [0.15, 0.2) is 24.3 Å². The van der Waals surface area contributed by atoms with Crippen LogP contribution in [-0.2, 0) is 11.3 Å². The summed E-state index contributed by atoms with van der Waals surface area (Å²) >= 11 is 0. The smallest absolute Gasteiger partial charge is 0.327 e. The molecule has 3 amide bonds. The molecule has 0 bridgehead atoms. The van der Waals surface area contributed by atoms with Gasteiger partial charge in [0.25, 0.3) is 5.91 Å². The summed E-state index contributed by atoms with van der Waals surface area (Å²) in [4.78, 5) is 28.7. The third kappa shape index (κ3) is 2.48. The van der Waals surface area contributed by atoms with Crippen LogP contribution in [0.2, 0.25) is 0 Å². The average Bonchev–Trinajstić information content (AvgIpc) is 3.16. The fourth-order valence-electron chi connectivity index (χ4n) is 3.87. The lowest BCUT2D eigenvalue weighted by Gasteiger charge is -2.34. The van der Waals surface area contributed by atoms with Crippen molar-refractivity contribution in [2.45, 2.75) is 44.7 Å². The Balaban J connectivity index is 1.82. The molecular formula is C18H24N2O3. The third-order valence-corrected chi connectivity index (χ3v) is 5.54. The van der Waals surface area contributed by atoms with Gasteiger partial charge in [-0.25, -0.2) is 4.79 Å². The summed E-state index contributed by atoms with van der Waals surface area (Å²) < 4.78 is 5.14. The van der Waals surface area contributed by atoms with Crippen molar-refractivity contribution >= 4 is 11.9 Å². The molecule has 124 valence electrons. The molecule has 1 aromatic rings. The lowest BCUT2D eigenvalue weighted by atomic mass is 9.83. The van der Waals surface area contributed by atoms with Crippen molar-refractivity contribution in [2.75, 3.05) is 14.2 Å². The highest BCUT2D eigenvalue weighted by atomic mass is 16.5. The van der Waals surface area contributed by atoms with Crippen LogP contribution in [-0.4, -0.2) is 41.4 Å². The SMILES string of the molecule is COc1ccc(CN2C(=O)N(C)C(C)(C3CCCC3)C2=O)cc1. The van der Waals surface area contributed by atoms with E-state index in [1.54, 1.807) is 19.1 Å². The molecule has 1 atom stereocenters. The maximum absolute atomic E-state index is 13.0. The maximum atomic E-state index is 13.0. The molecule has 0 N–H and O–H groups in total. The van der Waals surface area contributed by atoms with Gasteiger partial charge < -0.3 is 9.64 Å². The largest absolute Gasteiger partial charge is 0.497 e. The van der Waals surface area contributed by atoms with Crippen molar-refractivity contribution in [1.82, 2.24) is 9.80 Å². The van der Waals surface area contributed by atoms with Gasteiger partial charge >= 0.3 is 6.03 Å². The van der Waals surface area contributed by atoms with Crippen LogP contribution in [0.1, 0.15) is 38.2 Å². The van der Waals surface area contributed by atoms with Gasteiger partial charge in [-0.15, -0.1) is 0 Å². The van der Waals surface area contributed by atoms with E-state index in [1.165, 1.54) is 4.90 Å². The Bertz CT molecular complexity index is 607. The van der Waals surface area contributed by atoms with Crippen LogP contribution in [0.3, 0.4) is 0 Å². The van der Waals surface area contributed by atoms with E-state index in [0.29, 0.717) is 6.54 Å². The third-order valence-electron chi connectivity index (χ3n) is 5.54. The highest BCUT2D eigenvalue weighted by Crippen LogP contribution is 2.42. The van der Waals surface area contributed by atoms with Crippen LogP contribution in [0, 0.1) is 5.92 Å². The zero-order valence-electron chi connectivity index (χ0n) is 14.0. The molecule has 1 saturated heterocycles. The molecule has 1 saturated carbocycles. The number of rotatable bonds is 4. The number of ether oxygens (including phenoxy) is 1. The number of carbonyl (C=O) groups is 2. The van der Waals surface area contributed by atoms with E-state index in [-0.39, 0.29) is 17.9 Å². The molecule has 1 aliphatic heterocycles. The topological polar surface area (TPSA) is 49.9 Å². The van der Waals surface area contributed by atoms with Crippen molar-refractivity contribution < 1.29 is 14.3 Å². The Labute approximate surface area is 137 Å². The zero-order chi connectivity index (χ0) is 16.6. The van der Waals surface area contributed by atoms with Gasteiger partial charge in [0.2, 0.25) is 0 Å². The normalized spacial score (nSPS) is 25.5. The lowest BCUT2D eigenvalue weighted by Crippen LogP contribution is -2.50. The first-order chi connectivity index (χ1) is 11.0. The molecule has 1 aliphatic carbocycles. The first kappa shape index (κ1) is 15.8. The van der Waals surface area contributed by atoms with Gasteiger partial charge in [-0.1, -0.05) is 25.0 Å². The summed E-state index contributed by atoms with van der Waals surface area (Å²) in [6.45, 7) is 2.24. The fraction of sp³-hybridized carbons (Fsp3) is 0.556. The second-order valence-electron chi connectivity index (χ2n) is 6.71. The Morgan fingerprint density at radius 2 is 1.78 bits per heavy atom. The monoisotopic (exact) mass is 316 g/mol. The Hall–Kier alpha value is -2.04. The van der Waals surface area contributed by atoms with Crippen molar-refractivity contribution in [1.29, 1.82) is 0 Å². The highest BCUT2D eigenvalue weighted by molar-refractivity contribution is 6.06. The van der Waals surface area contributed by atoms with Crippen LogP contribution in [0.5, 0.6) is 5.75 Å². The van der Waals surface area contributed by atoms with E-state index < -0.39 is 5.54 Å². The van der Waals surface area contributed by atoms with E-state index in [9.17, 15) is 9.59 Å². The van der Waals surface area contributed by atoms with E-state index >= 15 is 0 Å². The quantitative estimate of drug-likeness (QED) is 0.802. The van der Waals surface area contributed by atoms with Crippen molar-refractivity contribution in [3.63, 3.8) is 0 Å². The number of benzene rings is 1. The molecule has 3 rings (SSSR count). The van der Waals surface area contributed by atoms with Gasteiger partial charge in [0.05, 0.1) is 13.7 Å². The van der Waals surface area contributed by atoms with Crippen molar-refractivity contribution in [3.8, 4) is 5.75 Å². The summed E-state index contributed by atoms with van der Waals surface area (Å²) in [6, 6.07) is 7.29. The van der Waals surface area contributed by atoms with E-state index in [1.807, 2.05) is 31.2 Å². The summed E-state index contributed by atoms with van der Waals surface area (Å²) in [5.41, 5.74) is 0.233. The molecule has 5 nitrogen and oxygen atoms in total. The molecule has 1 heterocycles. The van der Waals surface area contributed by atoms with Gasteiger partial charge in [-0.05, 0) is 43.4 Å². The van der Waals surface area contributed by atoms with Gasteiger partial charge in [0.1, 0.15) is 11.3 Å². The number of likely N-dealkylation sites (N-methyl/N-ethyl adjacent to an activating group) is 1. The number of hydrogen-bond donors (Lipinski definition) is 0. The van der Waals surface area contributed by atoms with Crippen LogP contribution < -0.4 is 4.74 Å². The molecule has 5 heteroatoms. The van der Waals surface area contributed by atoms with Crippen molar-refractivity contribution in [2.24, 2.45) is 5.92 Å². The van der Waals surface area contributed by atoms with Gasteiger partial charge in [0.15, 0.2) is 0 Å². The number of urea groups is 1. The van der Waals surface area contributed by atoms with Gasteiger partial charge in [-0.3, -0.25) is 9.69 Å². The number of imide groups is 1. The maximum Gasteiger partial charge on any atom is 0.327 e. The average molecular weight is 316 g/mol. The van der Waals surface area contributed by atoms with Crippen LogP contribution in [0.4, 0.5) is 4.79 Å². The molecule has 23 heavy (non-hydrogen) atoms. The number of carbonyl (C=O) groups excluding carboxylic acids is 2. The second kappa shape index (κ2) is 5.87. The molecule has 0 spiro atoms. The standard InChI is InChI=1S/C18H24N2O3/c1-18(14-6-4-5-7-14)16(21)20(17(22)19(18)2)12-13-8-10-15(23-3)11-9-13/h8-11,14H,4-7,12H2,1-3H3. The minimum absolute atomic E-state index is 0.0623. The minimum atomic E-state index is -0.694. The molecule has 1 aromatic carbocycles. The summed E-state index contributed by atoms with van der Waals surface area (Å²) in [5.74, 6) is 0.971. The molecule has 1 unspecified atom stereocenters. The predicted octanol–water partition coefficient (Wildman–Crippen LogP) is 3.04. The number of hydrogen-bond acceptors (Lipinski definition) is 3. The van der Waals surface area contributed by atoms with E-state index in [2.05, 4.69) is 0 Å². The number of nitrogens with zero attached hydrogens (tertiary/aromatic N) is 2. The predicted molar refractivity (Wildman–Crippen MR) is 87.1 cm³/mol. The molecular weight excluding hydrogens is 292 g/mol. The zero-order valence-corrected chi connectivity index (χ0v) is 14.0. The molecule has 2 fully saturated rings. The van der Waals surface area contributed by atoms with E-state index in [0.717, 1.165) is 37.0 Å². The Kier molecular flexibility index (Phi) is 4.04. The summed E-state index contributed by atoms with van der Waals surface area (Å²) in [6.07, 6.45) is 4.34. The number of methoxy groups -OCH3 is 1. The molecule has 0 radical (unpaired) electrons. The first-order valence-corrected chi connectivity index (χ1v) is 8.21. The fourth-order valence-corrected chi connectivity index (χ4v) is 3.87. The van der Waals surface area contributed by atoms with Gasteiger partial charge in [-0.2, -0.15) is 0 Å². The van der Waals surface area contributed by atoms with Gasteiger partial charge in [0, 0.05) is 7.05 Å². The molecule has 2 aliphatic rings. The Morgan fingerprint density at radius 1 is 1.17 bits per heavy atom. The summed E-state index contributed by atoms with van der Waals surface area (Å²) in [5, 5.41) is 0.